The summed E-state index contributed by atoms with van der Waals surface area (Å²) >= 11 is 0. The van der Waals surface area contributed by atoms with Crippen molar-refractivity contribution in [3.8, 4) is 0 Å². The summed E-state index contributed by atoms with van der Waals surface area (Å²) in [5, 5.41) is 0. The highest BCUT2D eigenvalue weighted by Gasteiger charge is 1.99. The van der Waals surface area contributed by atoms with Crippen LogP contribution >= 0.6 is 0 Å². The monoisotopic (exact) mass is 148 g/mol. The van der Waals surface area contributed by atoms with E-state index < -0.39 is 12.8 Å². The van der Waals surface area contributed by atoms with Crippen molar-refractivity contribution >= 4 is 0 Å². The number of halogens is 2. The molecule has 0 nitrogen and oxygen atoms in total. The molecule has 60 valence electrons. The smallest absolute Gasteiger partial charge is 0.108 e. The van der Waals surface area contributed by atoms with Gasteiger partial charge in [0.15, 0.2) is 0 Å². The van der Waals surface area contributed by atoms with Gasteiger partial charge in [-0.2, -0.15) is 0 Å². The number of allylic oxidation sites excluding steroid dienone is 2. The number of hydrogen-bond donors (Lipinski definition) is 0. The van der Waals surface area contributed by atoms with Crippen LogP contribution in [-0.2, 0) is 0 Å². The standard InChI is InChI=1S/C8H14F2/c1-2-5-8(10)6-3-4-7-9/h3-4,8H,2,5-7H2,1H3/b4-3-. The van der Waals surface area contributed by atoms with E-state index in [0.29, 0.717) is 12.8 Å². The van der Waals surface area contributed by atoms with Gasteiger partial charge in [0.2, 0.25) is 0 Å². The van der Waals surface area contributed by atoms with Gasteiger partial charge in [-0.25, -0.2) is 8.78 Å². The van der Waals surface area contributed by atoms with E-state index in [2.05, 4.69) is 0 Å². The van der Waals surface area contributed by atoms with Gasteiger partial charge < -0.3 is 0 Å². The van der Waals surface area contributed by atoms with Crippen molar-refractivity contribution in [1.82, 2.24) is 0 Å². The van der Waals surface area contributed by atoms with Crippen LogP contribution in [0, 0.1) is 0 Å². The van der Waals surface area contributed by atoms with E-state index in [-0.39, 0.29) is 0 Å². The van der Waals surface area contributed by atoms with Gasteiger partial charge in [-0.05, 0) is 12.8 Å². The van der Waals surface area contributed by atoms with Crippen LogP contribution in [0.5, 0.6) is 0 Å². The Hall–Kier alpha value is -0.400. The summed E-state index contributed by atoms with van der Waals surface area (Å²) in [6, 6.07) is 0. The minimum atomic E-state index is -0.784. The zero-order chi connectivity index (χ0) is 7.82. The van der Waals surface area contributed by atoms with Gasteiger partial charge in [0.25, 0.3) is 0 Å². The maximum Gasteiger partial charge on any atom is 0.108 e. The highest BCUT2D eigenvalue weighted by molar-refractivity contribution is 4.83. The van der Waals surface area contributed by atoms with Crippen LogP contribution in [-0.4, -0.2) is 12.8 Å². The SMILES string of the molecule is CCCC(F)C/C=C\CF. The molecule has 0 aromatic heterocycles. The average molecular weight is 148 g/mol. The fourth-order valence-corrected chi connectivity index (χ4v) is 0.738. The third-order valence-corrected chi connectivity index (χ3v) is 1.25. The van der Waals surface area contributed by atoms with Crippen molar-refractivity contribution in [2.75, 3.05) is 6.67 Å². The highest BCUT2D eigenvalue weighted by atomic mass is 19.1. The minimum absolute atomic E-state index is 0.359. The molecule has 0 radical (unpaired) electrons. The summed E-state index contributed by atoms with van der Waals surface area (Å²) in [5.74, 6) is 0. The first-order valence-electron chi connectivity index (χ1n) is 3.66. The molecule has 1 unspecified atom stereocenters. The molecule has 0 spiro atoms. The lowest BCUT2D eigenvalue weighted by Gasteiger charge is -2.00. The quantitative estimate of drug-likeness (QED) is 0.526. The van der Waals surface area contributed by atoms with Gasteiger partial charge >= 0.3 is 0 Å². The fraction of sp³-hybridized carbons (Fsp3) is 0.750. The highest BCUT2D eigenvalue weighted by Crippen LogP contribution is 2.06. The fourth-order valence-electron chi connectivity index (χ4n) is 0.738. The van der Waals surface area contributed by atoms with Crippen LogP contribution < -0.4 is 0 Å². The second-order valence-electron chi connectivity index (χ2n) is 2.25. The summed E-state index contributed by atoms with van der Waals surface area (Å²) in [6.07, 6.45) is 3.91. The van der Waals surface area contributed by atoms with Crippen molar-refractivity contribution in [1.29, 1.82) is 0 Å². The van der Waals surface area contributed by atoms with E-state index in [4.69, 9.17) is 0 Å². The van der Waals surface area contributed by atoms with E-state index in [1.807, 2.05) is 6.92 Å². The Morgan fingerprint density at radius 3 is 2.60 bits per heavy atom. The summed E-state index contributed by atoms with van der Waals surface area (Å²) < 4.78 is 24.0. The molecule has 0 aromatic carbocycles. The molecule has 10 heavy (non-hydrogen) atoms. The zero-order valence-electron chi connectivity index (χ0n) is 6.32. The van der Waals surface area contributed by atoms with Crippen molar-refractivity contribution in [3.63, 3.8) is 0 Å². The summed E-state index contributed by atoms with van der Waals surface area (Å²) in [6.45, 7) is 1.45. The first-order chi connectivity index (χ1) is 4.81. The first-order valence-corrected chi connectivity index (χ1v) is 3.66. The van der Waals surface area contributed by atoms with Gasteiger partial charge in [-0.15, -0.1) is 0 Å². The normalized spacial score (nSPS) is 14.3. The molecule has 0 aliphatic rings. The maximum atomic E-state index is 12.6. The molecule has 0 saturated carbocycles. The molecule has 0 rings (SSSR count). The zero-order valence-corrected chi connectivity index (χ0v) is 6.32. The van der Waals surface area contributed by atoms with Crippen molar-refractivity contribution in [2.24, 2.45) is 0 Å². The molecule has 0 saturated heterocycles. The average Bonchev–Trinajstić information content (AvgIpc) is 1.89. The van der Waals surface area contributed by atoms with Crippen molar-refractivity contribution in [3.05, 3.63) is 12.2 Å². The van der Waals surface area contributed by atoms with Crippen LogP contribution in [0.15, 0.2) is 12.2 Å². The summed E-state index contributed by atoms with van der Waals surface area (Å²) in [5.41, 5.74) is 0. The van der Waals surface area contributed by atoms with Gasteiger partial charge in [-0.1, -0.05) is 25.5 Å². The Kier molecular flexibility index (Phi) is 6.45. The summed E-state index contributed by atoms with van der Waals surface area (Å²) in [4.78, 5) is 0. The Bertz CT molecular complexity index is 89.3. The van der Waals surface area contributed by atoms with Crippen LogP contribution in [0.4, 0.5) is 8.78 Å². The molecule has 2 heteroatoms. The van der Waals surface area contributed by atoms with Crippen LogP contribution in [0.25, 0.3) is 0 Å². The predicted octanol–water partition coefficient (Wildman–Crippen LogP) is 3.04. The molecule has 0 fully saturated rings. The van der Waals surface area contributed by atoms with Gasteiger partial charge in [-0.3, -0.25) is 0 Å². The molecule has 0 heterocycles. The molecular formula is C8H14F2. The van der Waals surface area contributed by atoms with E-state index in [9.17, 15) is 8.78 Å². The molecule has 0 aliphatic heterocycles. The molecule has 0 aliphatic carbocycles. The second kappa shape index (κ2) is 6.72. The lowest BCUT2D eigenvalue weighted by atomic mass is 10.2. The number of hydrogen-bond acceptors (Lipinski definition) is 0. The largest absolute Gasteiger partial charge is 0.247 e. The van der Waals surface area contributed by atoms with Crippen molar-refractivity contribution < 1.29 is 8.78 Å². The Labute approximate surface area is 60.9 Å². The van der Waals surface area contributed by atoms with Crippen LogP contribution in [0.3, 0.4) is 0 Å². The van der Waals surface area contributed by atoms with Crippen LogP contribution in [0.1, 0.15) is 26.2 Å². The van der Waals surface area contributed by atoms with Crippen molar-refractivity contribution in [2.45, 2.75) is 32.4 Å². The Balaban J connectivity index is 3.20. The van der Waals surface area contributed by atoms with Gasteiger partial charge in [0, 0.05) is 0 Å². The maximum absolute atomic E-state index is 12.6. The topological polar surface area (TPSA) is 0 Å². The summed E-state index contributed by atoms with van der Waals surface area (Å²) in [7, 11) is 0. The first kappa shape index (κ1) is 9.60. The third kappa shape index (κ3) is 5.73. The molecule has 1 atom stereocenters. The van der Waals surface area contributed by atoms with E-state index in [1.54, 1.807) is 6.08 Å². The minimum Gasteiger partial charge on any atom is -0.247 e. The number of alkyl halides is 2. The molecular weight excluding hydrogens is 134 g/mol. The lowest BCUT2D eigenvalue weighted by molar-refractivity contribution is 0.314. The Morgan fingerprint density at radius 2 is 2.10 bits per heavy atom. The Morgan fingerprint density at radius 1 is 1.40 bits per heavy atom. The third-order valence-electron chi connectivity index (χ3n) is 1.25. The second-order valence-corrected chi connectivity index (χ2v) is 2.25. The predicted molar refractivity (Wildman–Crippen MR) is 39.5 cm³/mol. The number of rotatable bonds is 5. The van der Waals surface area contributed by atoms with Crippen LogP contribution in [0.2, 0.25) is 0 Å². The van der Waals surface area contributed by atoms with Gasteiger partial charge in [0.1, 0.15) is 12.8 Å². The molecule has 0 N–H and O–H groups in total. The van der Waals surface area contributed by atoms with Gasteiger partial charge in [0.05, 0.1) is 0 Å². The van der Waals surface area contributed by atoms with E-state index in [1.165, 1.54) is 6.08 Å². The van der Waals surface area contributed by atoms with E-state index in [0.717, 1.165) is 6.42 Å². The molecule has 0 aromatic rings. The molecule has 0 amide bonds. The van der Waals surface area contributed by atoms with E-state index >= 15 is 0 Å². The lowest BCUT2D eigenvalue weighted by Crippen LogP contribution is -1.95. The molecule has 0 bridgehead atoms.